The number of nitrogens with one attached hydrogen (secondary N) is 2. The highest BCUT2D eigenvalue weighted by atomic mass is 19.1. The summed E-state index contributed by atoms with van der Waals surface area (Å²) >= 11 is 0. The molecule has 0 aliphatic carbocycles. The number of carbonyl (C=O) groups is 2. The van der Waals surface area contributed by atoms with Crippen molar-refractivity contribution in [3.63, 3.8) is 0 Å². The first-order valence-electron chi connectivity index (χ1n) is 11.3. The van der Waals surface area contributed by atoms with Gasteiger partial charge in [0.2, 0.25) is 11.8 Å². The van der Waals surface area contributed by atoms with E-state index in [4.69, 9.17) is 0 Å². The first kappa shape index (κ1) is 22.7. The van der Waals surface area contributed by atoms with Crippen LogP contribution < -0.4 is 5.32 Å². The third-order valence-corrected chi connectivity index (χ3v) is 6.13. The molecule has 2 amide bonds. The number of hydrogen-bond acceptors (Lipinski definition) is 3. The van der Waals surface area contributed by atoms with Crippen LogP contribution in [0.15, 0.2) is 66.9 Å². The lowest BCUT2D eigenvalue weighted by Gasteiger charge is -2.27. The summed E-state index contributed by atoms with van der Waals surface area (Å²) in [6.07, 6.45) is 0.375. The second-order valence-electron chi connectivity index (χ2n) is 8.83. The van der Waals surface area contributed by atoms with E-state index in [1.807, 2.05) is 42.5 Å². The van der Waals surface area contributed by atoms with Crippen molar-refractivity contribution >= 4 is 11.8 Å². The fourth-order valence-electron chi connectivity index (χ4n) is 4.27. The first-order valence-corrected chi connectivity index (χ1v) is 11.3. The molecular weight excluding hydrogens is 419 g/mol. The molecule has 4 rings (SSSR count). The summed E-state index contributed by atoms with van der Waals surface area (Å²) in [7, 11) is 0. The minimum Gasteiger partial charge on any atom is -0.343 e. The molecule has 6 nitrogen and oxygen atoms in total. The second-order valence-corrected chi connectivity index (χ2v) is 8.83. The van der Waals surface area contributed by atoms with Gasteiger partial charge in [-0.1, -0.05) is 68.4 Å². The second kappa shape index (κ2) is 9.98. The third kappa shape index (κ3) is 5.30. The molecule has 1 saturated heterocycles. The molecule has 3 atom stereocenters. The van der Waals surface area contributed by atoms with Gasteiger partial charge in [0.1, 0.15) is 12.2 Å². The largest absolute Gasteiger partial charge is 0.343 e. The van der Waals surface area contributed by atoms with Gasteiger partial charge in [0.25, 0.3) is 0 Å². The van der Waals surface area contributed by atoms with Gasteiger partial charge in [-0.25, -0.2) is 4.39 Å². The van der Waals surface area contributed by atoms with Crippen LogP contribution in [0.3, 0.4) is 0 Å². The van der Waals surface area contributed by atoms with Gasteiger partial charge in [-0.05, 0) is 28.7 Å². The van der Waals surface area contributed by atoms with Gasteiger partial charge in [-0.3, -0.25) is 14.7 Å². The summed E-state index contributed by atoms with van der Waals surface area (Å²) in [4.78, 5) is 27.5. The number of rotatable bonds is 7. The van der Waals surface area contributed by atoms with Crippen molar-refractivity contribution in [2.75, 3.05) is 6.54 Å². The van der Waals surface area contributed by atoms with E-state index in [-0.39, 0.29) is 31.2 Å². The van der Waals surface area contributed by atoms with Crippen molar-refractivity contribution in [3.05, 3.63) is 89.2 Å². The zero-order valence-corrected chi connectivity index (χ0v) is 18.9. The lowest BCUT2D eigenvalue weighted by molar-refractivity contribution is -0.138. The highest BCUT2D eigenvalue weighted by Crippen LogP contribution is 2.27. The molecule has 2 aromatic carbocycles. The van der Waals surface area contributed by atoms with Gasteiger partial charge in [-0.15, -0.1) is 0 Å². The summed E-state index contributed by atoms with van der Waals surface area (Å²) < 4.78 is 14.3. The van der Waals surface area contributed by atoms with Crippen LogP contribution in [0.2, 0.25) is 0 Å². The molecule has 7 heteroatoms. The zero-order valence-electron chi connectivity index (χ0n) is 18.9. The number of aromatic amines is 1. The zero-order chi connectivity index (χ0) is 23.4. The standard InChI is InChI=1S/C26H29FN4O2/c1-17(2)18-8-10-20(11-9-18)25(19-6-4-3-5-7-19)29-26(33)23-14-21(27)16-31(23)24(32)15-22-12-13-28-30-22/h3-13,17,21,23,25H,14-16H2,1-2H3,(H,28,30)(H,29,33). The Morgan fingerprint density at radius 2 is 1.73 bits per heavy atom. The van der Waals surface area contributed by atoms with Crippen molar-refractivity contribution in [2.45, 2.75) is 50.9 Å². The molecule has 33 heavy (non-hydrogen) atoms. The summed E-state index contributed by atoms with van der Waals surface area (Å²) in [6, 6.07) is 18.3. The number of H-pyrrole nitrogens is 1. The third-order valence-electron chi connectivity index (χ3n) is 6.13. The number of carbonyl (C=O) groups excluding carboxylic acids is 2. The van der Waals surface area contributed by atoms with Crippen molar-refractivity contribution in [1.29, 1.82) is 0 Å². The predicted molar refractivity (Wildman–Crippen MR) is 124 cm³/mol. The normalized spacial score (nSPS) is 19.0. The average Bonchev–Trinajstić information content (AvgIpc) is 3.47. The van der Waals surface area contributed by atoms with Crippen molar-refractivity contribution in [3.8, 4) is 0 Å². The van der Waals surface area contributed by atoms with E-state index in [1.165, 1.54) is 10.5 Å². The van der Waals surface area contributed by atoms with Crippen molar-refractivity contribution < 1.29 is 14.0 Å². The predicted octanol–water partition coefficient (Wildman–Crippen LogP) is 3.92. The van der Waals surface area contributed by atoms with Crippen LogP contribution in [-0.2, 0) is 16.0 Å². The molecule has 1 aliphatic heterocycles. The topological polar surface area (TPSA) is 78.1 Å². The molecule has 3 unspecified atom stereocenters. The number of hydrogen-bond donors (Lipinski definition) is 2. The number of nitrogens with zero attached hydrogens (tertiary/aromatic N) is 2. The van der Waals surface area contributed by atoms with Crippen LogP contribution in [0.4, 0.5) is 4.39 Å². The van der Waals surface area contributed by atoms with Gasteiger partial charge >= 0.3 is 0 Å². The van der Waals surface area contributed by atoms with E-state index in [9.17, 15) is 14.0 Å². The Morgan fingerprint density at radius 3 is 2.36 bits per heavy atom. The number of likely N-dealkylation sites (tertiary alicyclic amines) is 1. The maximum atomic E-state index is 14.3. The lowest BCUT2D eigenvalue weighted by atomic mass is 9.95. The Bertz CT molecular complexity index is 1070. The number of aromatic nitrogens is 2. The van der Waals surface area contributed by atoms with Gasteiger partial charge in [0.05, 0.1) is 19.0 Å². The maximum Gasteiger partial charge on any atom is 0.243 e. The Hall–Kier alpha value is -3.48. The Kier molecular flexibility index (Phi) is 6.87. The van der Waals surface area contributed by atoms with Crippen LogP contribution in [0.25, 0.3) is 0 Å². The molecule has 172 valence electrons. The van der Waals surface area contributed by atoms with Gasteiger partial charge in [0.15, 0.2) is 0 Å². The summed E-state index contributed by atoms with van der Waals surface area (Å²) in [5, 5.41) is 9.67. The van der Waals surface area contributed by atoms with E-state index in [0.29, 0.717) is 11.6 Å². The quantitative estimate of drug-likeness (QED) is 0.575. The first-order chi connectivity index (χ1) is 15.9. The highest BCUT2D eigenvalue weighted by molar-refractivity contribution is 5.89. The van der Waals surface area contributed by atoms with E-state index >= 15 is 0 Å². The molecule has 2 heterocycles. The minimum absolute atomic E-state index is 0.00561. The van der Waals surface area contributed by atoms with Crippen LogP contribution in [-0.4, -0.2) is 45.7 Å². The van der Waals surface area contributed by atoms with Gasteiger partial charge in [-0.2, -0.15) is 5.10 Å². The Balaban J connectivity index is 1.56. The summed E-state index contributed by atoms with van der Waals surface area (Å²) in [6.45, 7) is 4.19. The molecule has 1 aliphatic rings. The molecule has 3 aromatic rings. The van der Waals surface area contributed by atoms with Crippen LogP contribution in [0.1, 0.15) is 54.6 Å². The molecule has 0 spiro atoms. The van der Waals surface area contributed by atoms with E-state index in [2.05, 4.69) is 41.5 Å². The maximum absolute atomic E-state index is 14.3. The average molecular weight is 449 g/mol. The molecule has 1 aromatic heterocycles. The van der Waals surface area contributed by atoms with Gasteiger partial charge < -0.3 is 10.2 Å². The van der Waals surface area contributed by atoms with E-state index in [1.54, 1.807) is 12.3 Å². The Morgan fingerprint density at radius 1 is 1.06 bits per heavy atom. The fourth-order valence-corrected chi connectivity index (χ4v) is 4.27. The molecule has 1 fully saturated rings. The van der Waals surface area contributed by atoms with Crippen molar-refractivity contribution in [1.82, 2.24) is 20.4 Å². The summed E-state index contributed by atoms with van der Waals surface area (Å²) in [5.74, 6) is -0.245. The molecule has 0 radical (unpaired) electrons. The number of alkyl halides is 1. The van der Waals surface area contributed by atoms with Crippen LogP contribution >= 0.6 is 0 Å². The number of amides is 2. The smallest absolute Gasteiger partial charge is 0.243 e. The molecular formula is C26H29FN4O2. The highest BCUT2D eigenvalue weighted by Gasteiger charge is 2.40. The molecule has 0 saturated carbocycles. The van der Waals surface area contributed by atoms with Crippen LogP contribution in [0, 0.1) is 0 Å². The lowest BCUT2D eigenvalue weighted by Crippen LogP contribution is -2.47. The molecule has 0 bridgehead atoms. The van der Waals surface area contributed by atoms with E-state index in [0.717, 1.165) is 11.1 Å². The Labute approximate surface area is 193 Å². The fraction of sp³-hybridized carbons (Fsp3) is 0.346. The molecule has 2 N–H and O–H groups in total. The summed E-state index contributed by atoms with van der Waals surface area (Å²) in [5.41, 5.74) is 3.70. The van der Waals surface area contributed by atoms with Gasteiger partial charge in [0, 0.05) is 18.3 Å². The minimum atomic E-state index is -1.23. The SMILES string of the molecule is CC(C)c1ccc(C(NC(=O)C2CC(F)CN2C(=O)Cc2ccn[nH]2)c2ccccc2)cc1. The van der Waals surface area contributed by atoms with E-state index < -0.39 is 18.3 Å². The number of benzene rings is 2. The van der Waals surface area contributed by atoms with Crippen LogP contribution in [0.5, 0.6) is 0 Å². The number of halogens is 1. The van der Waals surface area contributed by atoms with Crippen molar-refractivity contribution in [2.24, 2.45) is 0 Å². The monoisotopic (exact) mass is 448 g/mol.